The molecule has 0 nitrogen and oxygen atoms in total. The highest BCUT2D eigenvalue weighted by atomic mass is 14.8. The van der Waals surface area contributed by atoms with E-state index in [1.165, 1.54) is 35.5 Å². The molecule has 0 heteroatoms. The van der Waals surface area contributed by atoms with Gasteiger partial charge in [0.25, 0.3) is 0 Å². The summed E-state index contributed by atoms with van der Waals surface area (Å²) < 4.78 is 0. The zero-order chi connectivity index (χ0) is 5.59. The summed E-state index contributed by atoms with van der Waals surface area (Å²) in [6, 6.07) is 0. The second-order valence-electron chi connectivity index (χ2n) is 4.62. The highest BCUT2D eigenvalue weighted by molar-refractivity contribution is 5.22. The van der Waals surface area contributed by atoms with Crippen LogP contribution in [-0.2, 0) is 0 Å². The van der Waals surface area contributed by atoms with Crippen molar-refractivity contribution < 1.29 is 0 Å². The Labute approximate surface area is 55.6 Å². The summed E-state index contributed by atoms with van der Waals surface area (Å²) >= 11 is 0. The molecule has 0 heterocycles. The number of hydrogen-bond acceptors (Lipinski definition) is 0. The summed E-state index contributed by atoms with van der Waals surface area (Å²) in [6.45, 7) is 0. The average molecular weight is 120 g/mol. The van der Waals surface area contributed by atoms with E-state index >= 15 is 0 Å². The van der Waals surface area contributed by atoms with E-state index in [1.54, 1.807) is 19.3 Å². The van der Waals surface area contributed by atoms with Gasteiger partial charge in [-0.05, 0) is 54.8 Å². The predicted octanol–water partition coefficient (Wildman–Crippen LogP) is 1.91. The lowest BCUT2D eigenvalue weighted by Gasteiger charge is -2.45. The van der Waals surface area contributed by atoms with Gasteiger partial charge in [0.15, 0.2) is 0 Å². The third-order valence-corrected chi connectivity index (χ3v) is 4.76. The van der Waals surface area contributed by atoms with Crippen molar-refractivity contribution in [2.75, 3.05) is 0 Å². The molecule has 5 unspecified atom stereocenters. The number of fused-ring (bicyclic) bond motifs is 1. The first-order valence-corrected chi connectivity index (χ1v) is 4.47. The molecule has 5 aliphatic rings. The van der Waals surface area contributed by atoms with Crippen molar-refractivity contribution in [3.8, 4) is 0 Å². The lowest BCUT2D eigenvalue weighted by atomic mass is 9.60. The predicted molar refractivity (Wildman–Crippen MR) is 34.8 cm³/mol. The van der Waals surface area contributed by atoms with Crippen LogP contribution in [0.3, 0.4) is 0 Å². The molecular weight excluding hydrogens is 108 g/mol. The van der Waals surface area contributed by atoms with E-state index in [0.717, 1.165) is 0 Å². The van der Waals surface area contributed by atoms with E-state index < -0.39 is 0 Å². The minimum atomic E-state index is 1.25. The zero-order valence-electron chi connectivity index (χ0n) is 5.59. The van der Waals surface area contributed by atoms with E-state index in [2.05, 4.69) is 0 Å². The van der Waals surface area contributed by atoms with Crippen molar-refractivity contribution in [2.45, 2.75) is 19.3 Å². The van der Waals surface area contributed by atoms with Crippen LogP contribution >= 0.6 is 0 Å². The molecule has 0 radical (unpaired) electrons. The standard InChI is InChI=1S/C9H12/c1-2-5-8-6-3-7(4(1)6)9(5)8/h4-9H,1-3H2/t4?,5?,6-,7?,8?,9?/m0/s1. The average Bonchev–Trinajstić information content (AvgIpc) is 2.36. The van der Waals surface area contributed by atoms with Gasteiger partial charge in [0, 0.05) is 0 Å². The lowest BCUT2D eigenvalue weighted by Crippen LogP contribution is -2.38. The molecule has 9 heavy (non-hydrogen) atoms. The monoisotopic (exact) mass is 120 g/mol. The topological polar surface area (TPSA) is 0 Å². The van der Waals surface area contributed by atoms with Crippen LogP contribution in [0.25, 0.3) is 0 Å². The summed E-state index contributed by atoms with van der Waals surface area (Å²) in [7, 11) is 0. The molecule has 0 aromatic rings. The van der Waals surface area contributed by atoms with E-state index in [-0.39, 0.29) is 0 Å². The van der Waals surface area contributed by atoms with Gasteiger partial charge >= 0.3 is 0 Å². The first-order chi connectivity index (χ1) is 4.47. The normalized spacial score (nSPS) is 80.0. The molecule has 5 saturated carbocycles. The molecule has 5 rings (SSSR count). The van der Waals surface area contributed by atoms with Crippen molar-refractivity contribution in [2.24, 2.45) is 35.5 Å². The van der Waals surface area contributed by atoms with Crippen LogP contribution in [0.4, 0.5) is 0 Å². The van der Waals surface area contributed by atoms with Crippen molar-refractivity contribution in [1.29, 1.82) is 0 Å². The highest BCUT2D eigenvalue weighted by Gasteiger charge is 2.74. The van der Waals surface area contributed by atoms with Gasteiger partial charge in [0.1, 0.15) is 0 Å². The summed E-state index contributed by atoms with van der Waals surface area (Å²) in [5, 5.41) is 0. The fourth-order valence-corrected chi connectivity index (χ4v) is 4.50. The molecule has 48 valence electrons. The Hall–Kier alpha value is 0. The van der Waals surface area contributed by atoms with Crippen LogP contribution in [0.2, 0.25) is 0 Å². The SMILES string of the molecule is C1CC2C3C[C@@H]2C2C1C32. The van der Waals surface area contributed by atoms with Crippen LogP contribution in [0.5, 0.6) is 0 Å². The molecule has 0 aromatic carbocycles. The summed E-state index contributed by atoms with van der Waals surface area (Å²) in [5.41, 5.74) is 0. The van der Waals surface area contributed by atoms with Gasteiger partial charge in [-0.25, -0.2) is 0 Å². The highest BCUT2D eigenvalue weighted by Crippen LogP contribution is 2.80. The third-order valence-electron chi connectivity index (χ3n) is 4.76. The first kappa shape index (κ1) is 4.00. The first-order valence-electron chi connectivity index (χ1n) is 4.47. The summed E-state index contributed by atoms with van der Waals surface area (Å²) in [6.07, 6.45) is 4.89. The minimum absolute atomic E-state index is 1.25. The van der Waals surface area contributed by atoms with Crippen LogP contribution in [0, 0.1) is 35.5 Å². The van der Waals surface area contributed by atoms with Gasteiger partial charge < -0.3 is 0 Å². The fourth-order valence-electron chi connectivity index (χ4n) is 4.50. The molecule has 0 aliphatic heterocycles. The Bertz CT molecular complexity index is 153. The van der Waals surface area contributed by atoms with Crippen LogP contribution in [-0.4, -0.2) is 0 Å². The Morgan fingerprint density at radius 3 is 1.78 bits per heavy atom. The van der Waals surface area contributed by atoms with Crippen molar-refractivity contribution >= 4 is 0 Å². The van der Waals surface area contributed by atoms with Crippen LogP contribution in [0.1, 0.15) is 19.3 Å². The smallest absolute Gasteiger partial charge is 0.0318 e. The second-order valence-corrected chi connectivity index (χ2v) is 4.62. The number of rotatable bonds is 0. The third kappa shape index (κ3) is 0.235. The summed E-state index contributed by atoms with van der Waals surface area (Å²) in [5.74, 6) is 7.61. The molecule has 6 atom stereocenters. The molecular formula is C9H12. The Balaban J connectivity index is 1.93. The van der Waals surface area contributed by atoms with Gasteiger partial charge in [-0.2, -0.15) is 0 Å². The summed E-state index contributed by atoms with van der Waals surface area (Å²) in [4.78, 5) is 0. The molecule has 0 amide bonds. The molecule has 0 spiro atoms. The minimum Gasteiger partial charge on any atom is -0.0496 e. The van der Waals surface area contributed by atoms with Gasteiger partial charge in [-0.15, -0.1) is 0 Å². The van der Waals surface area contributed by atoms with E-state index in [9.17, 15) is 0 Å². The van der Waals surface area contributed by atoms with E-state index in [1.807, 2.05) is 0 Å². The maximum Gasteiger partial charge on any atom is -0.0318 e. The van der Waals surface area contributed by atoms with Gasteiger partial charge in [0.05, 0.1) is 0 Å². The van der Waals surface area contributed by atoms with Crippen molar-refractivity contribution in [1.82, 2.24) is 0 Å². The van der Waals surface area contributed by atoms with Gasteiger partial charge in [0.2, 0.25) is 0 Å². The maximum atomic E-state index is 1.65. The quantitative estimate of drug-likeness (QED) is 0.458. The van der Waals surface area contributed by atoms with Gasteiger partial charge in [-0.1, -0.05) is 0 Å². The van der Waals surface area contributed by atoms with Crippen molar-refractivity contribution in [3.05, 3.63) is 0 Å². The molecule has 5 aliphatic carbocycles. The Kier molecular flexibility index (Phi) is 0.395. The Morgan fingerprint density at radius 2 is 1.33 bits per heavy atom. The molecule has 0 N–H and O–H groups in total. The maximum absolute atomic E-state index is 1.65. The van der Waals surface area contributed by atoms with E-state index in [4.69, 9.17) is 0 Å². The Morgan fingerprint density at radius 1 is 0.667 bits per heavy atom. The lowest BCUT2D eigenvalue weighted by molar-refractivity contribution is 0.0388. The molecule has 5 fully saturated rings. The largest absolute Gasteiger partial charge is 0.0496 e. The zero-order valence-corrected chi connectivity index (χ0v) is 5.59. The van der Waals surface area contributed by atoms with E-state index in [0.29, 0.717) is 0 Å². The molecule has 6 bridgehead atoms. The molecule has 0 aromatic heterocycles. The van der Waals surface area contributed by atoms with Crippen LogP contribution in [0.15, 0.2) is 0 Å². The van der Waals surface area contributed by atoms with Crippen molar-refractivity contribution in [3.63, 3.8) is 0 Å². The van der Waals surface area contributed by atoms with Crippen LogP contribution < -0.4 is 0 Å². The number of hydrogen-bond donors (Lipinski definition) is 0. The van der Waals surface area contributed by atoms with Gasteiger partial charge in [-0.3, -0.25) is 0 Å². The molecule has 0 saturated heterocycles. The fraction of sp³-hybridized carbons (Fsp3) is 1.00. The second kappa shape index (κ2) is 0.889.